The fraction of sp³-hybridized carbons (Fsp3) is 0.333. The number of aryl methyl sites for hydroxylation is 2. The summed E-state index contributed by atoms with van der Waals surface area (Å²) in [4.78, 5) is 28.3. The van der Waals surface area contributed by atoms with E-state index in [0.717, 1.165) is 33.8 Å². The van der Waals surface area contributed by atoms with Crippen LogP contribution in [0.5, 0.6) is 0 Å². The summed E-state index contributed by atoms with van der Waals surface area (Å²) in [5, 5.41) is 2.85. The number of carbonyl (C=O) groups is 2. The van der Waals surface area contributed by atoms with Crippen molar-refractivity contribution in [1.82, 2.24) is 10.2 Å². The maximum Gasteiger partial charge on any atom is 0.264 e. The van der Waals surface area contributed by atoms with Crippen LogP contribution in [0.1, 0.15) is 43.9 Å². The topological polar surface area (TPSA) is 86.8 Å². The van der Waals surface area contributed by atoms with E-state index in [1.165, 1.54) is 17.0 Å². The van der Waals surface area contributed by atoms with Crippen LogP contribution in [-0.2, 0) is 32.6 Å². The Morgan fingerprint density at radius 3 is 2.18 bits per heavy atom. The first-order chi connectivity index (χ1) is 18.2. The third-order valence-corrected chi connectivity index (χ3v) is 8.18. The van der Waals surface area contributed by atoms with Crippen molar-refractivity contribution in [3.63, 3.8) is 0 Å². The highest BCUT2D eigenvalue weighted by Gasteiger charge is 2.32. The maximum atomic E-state index is 13.9. The zero-order chi connectivity index (χ0) is 27.7. The summed E-state index contributed by atoms with van der Waals surface area (Å²) in [5.41, 5.74) is 3.33. The van der Waals surface area contributed by atoms with Crippen LogP contribution >= 0.6 is 0 Å². The van der Waals surface area contributed by atoms with Gasteiger partial charge in [0.25, 0.3) is 10.0 Å². The van der Waals surface area contributed by atoms with Crippen LogP contribution in [0, 0.1) is 6.92 Å². The van der Waals surface area contributed by atoms with E-state index in [0.29, 0.717) is 12.2 Å². The predicted octanol–water partition coefficient (Wildman–Crippen LogP) is 4.70. The molecule has 3 rings (SSSR count). The van der Waals surface area contributed by atoms with Crippen LogP contribution in [0.4, 0.5) is 5.69 Å². The number of rotatable bonds is 12. The average Bonchev–Trinajstić information content (AvgIpc) is 2.93. The van der Waals surface area contributed by atoms with Gasteiger partial charge < -0.3 is 10.2 Å². The van der Waals surface area contributed by atoms with Gasteiger partial charge in [-0.25, -0.2) is 8.42 Å². The van der Waals surface area contributed by atoms with Crippen molar-refractivity contribution in [3.05, 3.63) is 95.6 Å². The fourth-order valence-electron chi connectivity index (χ4n) is 4.13. The Labute approximate surface area is 226 Å². The average molecular weight is 536 g/mol. The molecule has 3 aromatic rings. The minimum absolute atomic E-state index is 0.0892. The molecule has 8 heteroatoms. The Morgan fingerprint density at radius 1 is 0.895 bits per heavy atom. The number of nitrogens with one attached hydrogen (secondary N) is 1. The Bertz CT molecular complexity index is 1330. The SMILES string of the molecule is CCCNC(=O)C(C)N(Cc1cccc(C)c1)C(=O)CN(c1ccc(CC)cc1)S(=O)(=O)c1ccccc1. The molecule has 1 N–H and O–H groups in total. The molecule has 1 atom stereocenters. The number of benzene rings is 3. The van der Waals surface area contributed by atoms with E-state index >= 15 is 0 Å². The van der Waals surface area contributed by atoms with Gasteiger partial charge >= 0.3 is 0 Å². The molecule has 0 fully saturated rings. The Balaban J connectivity index is 2.01. The lowest BCUT2D eigenvalue weighted by Gasteiger charge is -2.32. The summed E-state index contributed by atoms with van der Waals surface area (Å²) in [7, 11) is -4.06. The first-order valence-corrected chi connectivity index (χ1v) is 14.4. The lowest BCUT2D eigenvalue weighted by molar-refractivity contribution is -0.139. The second kappa shape index (κ2) is 13.2. The number of carbonyl (C=O) groups excluding carboxylic acids is 2. The van der Waals surface area contributed by atoms with E-state index in [-0.39, 0.29) is 17.3 Å². The Hall–Kier alpha value is -3.65. The van der Waals surface area contributed by atoms with Crippen molar-refractivity contribution in [2.75, 3.05) is 17.4 Å². The summed E-state index contributed by atoms with van der Waals surface area (Å²) in [6, 6.07) is 22.1. The zero-order valence-electron chi connectivity index (χ0n) is 22.6. The molecule has 202 valence electrons. The molecule has 3 aromatic carbocycles. The van der Waals surface area contributed by atoms with Gasteiger partial charge in [-0.05, 0) is 62.1 Å². The highest BCUT2D eigenvalue weighted by atomic mass is 32.2. The molecular formula is C30H37N3O4S. The van der Waals surface area contributed by atoms with E-state index in [1.807, 2.05) is 57.2 Å². The van der Waals surface area contributed by atoms with Crippen molar-refractivity contribution < 1.29 is 18.0 Å². The molecule has 0 aliphatic rings. The van der Waals surface area contributed by atoms with Crippen LogP contribution in [0.2, 0.25) is 0 Å². The van der Waals surface area contributed by atoms with E-state index in [2.05, 4.69) is 5.32 Å². The van der Waals surface area contributed by atoms with Gasteiger partial charge in [-0.2, -0.15) is 0 Å². The number of hydrogen-bond donors (Lipinski definition) is 1. The number of amides is 2. The Kier molecular flexibility index (Phi) is 10.1. The van der Waals surface area contributed by atoms with Crippen molar-refractivity contribution in [2.45, 2.75) is 58.0 Å². The molecule has 0 aromatic heterocycles. The van der Waals surface area contributed by atoms with E-state index < -0.39 is 28.5 Å². The summed E-state index contributed by atoms with van der Waals surface area (Å²) in [5.74, 6) is -0.748. The van der Waals surface area contributed by atoms with E-state index in [9.17, 15) is 18.0 Å². The van der Waals surface area contributed by atoms with Crippen LogP contribution in [0.3, 0.4) is 0 Å². The van der Waals surface area contributed by atoms with Crippen molar-refractivity contribution >= 4 is 27.5 Å². The largest absolute Gasteiger partial charge is 0.354 e. The maximum absolute atomic E-state index is 13.9. The molecule has 0 radical (unpaired) electrons. The summed E-state index contributed by atoms with van der Waals surface area (Å²) in [6.45, 7) is 7.83. The lowest BCUT2D eigenvalue weighted by Crippen LogP contribution is -2.51. The van der Waals surface area contributed by atoms with Gasteiger partial charge in [0.15, 0.2) is 0 Å². The van der Waals surface area contributed by atoms with Gasteiger partial charge in [0.2, 0.25) is 11.8 Å². The monoisotopic (exact) mass is 535 g/mol. The standard InChI is InChI=1S/C30H37N3O4S/c1-5-19-31-30(35)24(4)32(21-26-12-10-11-23(3)20-26)29(34)22-33(27-17-15-25(6-2)16-18-27)38(36,37)28-13-8-7-9-14-28/h7-18,20,24H,5-6,19,21-22H2,1-4H3,(H,31,35). The third kappa shape index (κ3) is 7.22. The molecule has 7 nitrogen and oxygen atoms in total. The molecule has 1 unspecified atom stereocenters. The predicted molar refractivity (Wildman–Crippen MR) is 151 cm³/mol. The zero-order valence-corrected chi connectivity index (χ0v) is 23.4. The van der Waals surface area contributed by atoms with Crippen LogP contribution in [0.15, 0.2) is 83.8 Å². The summed E-state index contributed by atoms with van der Waals surface area (Å²) >= 11 is 0. The van der Waals surface area contributed by atoms with Crippen molar-refractivity contribution in [2.24, 2.45) is 0 Å². The van der Waals surface area contributed by atoms with E-state index in [1.54, 1.807) is 37.3 Å². The normalized spacial score (nSPS) is 12.0. The minimum atomic E-state index is -4.06. The molecule has 0 aliphatic carbocycles. The molecular weight excluding hydrogens is 498 g/mol. The van der Waals surface area contributed by atoms with Crippen molar-refractivity contribution in [3.8, 4) is 0 Å². The molecule has 0 heterocycles. The fourth-order valence-corrected chi connectivity index (χ4v) is 5.57. The molecule has 0 saturated carbocycles. The van der Waals surface area contributed by atoms with Crippen LogP contribution < -0.4 is 9.62 Å². The molecule has 0 aliphatic heterocycles. The molecule has 0 bridgehead atoms. The number of sulfonamides is 1. The highest BCUT2D eigenvalue weighted by molar-refractivity contribution is 7.92. The number of hydrogen-bond acceptors (Lipinski definition) is 4. The summed E-state index contributed by atoms with van der Waals surface area (Å²) in [6.07, 6.45) is 1.57. The van der Waals surface area contributed by atoms with Gasteiger partial charge in [0.05, 0.1) is 10.6 Å². The quantitative estimate of drug-likeness (QED) is 0.364. The van der Waals surface area contributed by atoms with E-state index in [4.69, 9.17) is 0 Å². The molecule has 0 saturated heterocycles. The minimum Gasteiger partial charge on any atom is -0.354 e. The van der Waals surface area contributed by atoms with Crippen molar-refractivity contribution in [1.29, 1.82) is 0 Å². The second-order valence-electron chi connectivity index (χ2n) is 9.32. The number of anilines is 1. The van der Waals surface area contributed by atoms with Gasteiger partial charge in [-0.3, -0.25) is 13.9 Å². The summed E-state index contributed by atoms with van der Waals surface area (Å²) < 4.78 is 28.7. The smallest absolute Gasteiger partial charge is 0.264 e. The first kappa shape index (κ1) is 28.9. The molecule has 2 amide bonds. The third-order valence-electron chi connectivity index (χ3n) is 6.39. The second-order valence-corrected chi connectivity index (χ2v) is 11.2. The van der Waals surface area contributed by atoms with Crippen LogP contribution in [-0.4, -0.2) is 44.3 Å². The van der Waals surface area contributed by atoms with Gasteiger partial charge in [0, 0.05) is 13.1 Å². The van der Waals surface area contributed by atoms with Gasteiger partial charge in [0.1, 0.15) is 12.6 Å². The molecule has 38 heavy (non-hydrogen) atoms. The van der Waals surface area contributed by atoms with Crippen LogP contribution in [0.25, 0.3) is 0 Å². The first-order valence-electron chi connectivity index (χ1n) is 13.0. The van der Waals surface area contributed by atoms with Gasteiger partial charge in [-0.15, -0.1) is 0 Å². The Morgan fingerprint density at radius 2 is 1.58 bits per heavy atom. The van der Waals surface area contributed by atoms with Gasteiger partial charge in [-0.1, -0.05) is 74.0 Å². The number of nitrogens with zero attached hydrogens (tertiary/aromatic N) is 2. The highest BCUT2D eigenvalue weighted by Crippen LogP contribution is 2.25. The lowest BCUT2D eigenvalue weighted by atomic mass is 10.1. The molecule has 0 spiro atoms.